The number of carbonyl (C=O) groups is 2. The molecule has 1 aromatic heterocycles. The van der Waals surface area contributed by atoms with Crippen LogP contribution in [0.15, 0.2) is 4.42 Å². The summed E-state index contributed by atoms with van der Waals surface area (Å²) in [7, 11) is 0. The highest BCUT2D eigenvalue weighted by molar-refractivity contribution is 5.89. The zero-order valence-electron chi connectivity index (χ0n) is 17.3. The Hall–Kier alpha value is -2.46. The quantitative estimate of drug-likeness (QED) is 0.688. The van der Waals surface area contributed by atoms with Crippen molar-refractivity contribution in [2.24, 2.45) is 0 Å². The van der Waals surface area contributed by atoms with Crippen LogP contribution in [0.5, 0.6) is 0 Å². The number of aromatic nitrogens is 1. The van der Waals surface area contributed by atoms with Crippen molar-refractivity contribution in [1.82, 2.24) is 9.88 Å². The van der Waals surface area contributed by atoms with E-state index in [4.69, 9.17) is 9.15 Å². The summed E-state index contributed by atoms with van der Waals surface area (Å²) >= 11 is 0. The lowest BCUT2D eigenvalue weighted by Crippen LogP contribution is -2.59. The van der Waals surface area contributed by atoms with Gasteiger partial charge in [0.05, 0.1) is 18.7 Å². The molecule has 1 aliphatic rings. The Bertz CT molecular complexity index is 745. The van der Waals surface area contributed by atoms with Gasteiger partial charge in [-0.1, -0.05) is 0 Å². The van der Waals surface area contributed by atoms with E-state index in [9.17, 15) is 22.8 Å². The van der Waals surface area contributed by atoms with Gasteiger partial charge >= 0.3 is 18.2 Å². The maximum Gasteiger partial charge on any atom is 0.452 e. The summed E-state index contributed by atoms with van der Waals surface area (Å²) in [4.78, 5) is 31.1. The molecule has 0 radical (unpaired) electrons. The highest BCUT2D eigenvalue weighted by atomic mass is 19.4. The lowest BCUT2D eigenvalue weighted by Gasteiger charge is -2.43. The molecule has 0 bridgehead atoms. The van der Waals surface area contributed by atoms with Gasteiger partial charge in [-0.05, 0) is 41.5 Å². The van der Waals surface area contributed by atoms with Crippen molar-refractivity contribution < 1.29 is 36.7 Å². The summed E-state index contributed by atoms with van der Waals surface area (Å²) in [6.45, 7) is 10.4. The Kier molecular flexibility index (Phi) is 6.39. The lowest BCUT2D eigenvalue weighted by atomic mass is 10.1. The van der Waals surface area contributed by atoms with Gasteiger partial charge in [0, 0.05) is 13.1 Å². The summed E-state index contributed by atoms with van der Waals surface area (Å²) in [5.74, 6) is -2.70. The Morgan fingerprint density at radius 3 is 2.17 bits per heavy atom. The van der Waals surface area contributed by atoms with Crippen LogP contribution in [0.1, 0.15) is 57.8 Å². The number of esters is 1. The highest BCUT2D eigenvalue weighted by Gasteiger charge is 2.44. The molecule has 0 spiro atoms. The number of hydrogen-bond acceptors (Lipinski definition) is 7. The molecule has 29 heavy (non-hydrogen) atoms. The largest absolute Gasteiger partial charge is 0.461 e. The molecule has 1 fully saturated rings. The zero-order valence-corrected chi connectivity index (χ0v) is 17.3. The average molecular weight is 421 g/mol. The van der Waals surface area contributed by atoms with Gasteiger partial charge in [-0.3, -0.25) is 4.90 Å². The maximum absolute atomic E-state index is 13.3. The molecular formula is C18H26F3N3O5. The molecule has 1 amide bonds. The minimum atomic E-state index is -4.90. The normalized spacial score (nSPS) is 20.6. The fourth-order valence-corrected chi connectivity index (χ4v) is 3.13. The average Bonchev–Trinajstić information content (AvgIpc) is 2.98. The number of alkyl halides is 3. The van der Waals surface area contributed by atoms with Crippen molar-refractivity contribution in [1.29, 1.82) is 0 Å². The van der Waals surface area contributed by atoms with Gasteiger partial charge < -0.3 is 18.8 Å². The van der Waals surface area contributed by atoms with E-state index in [1.54, 1.807) is 34.6 Å². The summed E-state index contributed by atoms with van der Waals surface area (Å²) in [6.07, 6.45) is -5.41. The summed E-state index contributed by atoms with van der Waals surface area (Å²) in [5.41, 5.74) is -1.59. The second-order valence-electron chi connectivity index (χ2n) is 7.88. The number of anilines is 1. The topological polar surface area (TPSA) is 85.1 Å². The second kappa shape index (κ2) is 8.11. The first-order chi connectivity index (χ1) is 13.2. The van der Waals surface area contributed by atoms with Crippen molar-refractivity contribution in [2.45, 2.75) is 65.4 Å². The molecule has 0 unspecified atom stereocenters. The van der Waals surface area contributed by atoms with E-state index in [1.165, 1.54) is 16.7 Å². The molecular weight excluding hydrogens is 395 g/mol. The number of ether oxygens (including phenoxy) is 2. The van der Waals surface area contributed by atoms with Crippen LogP contribution in [-0.4, -0.2) is 59.3 Å². The molecule has 1 saturated heterocycles. The summed E-state index contributed by atoms with van der Waals surface area (Å²) in [5, 5.41) is 0. The van der Waals surface area contributed by atoms with Crippen molar-refractivity contribution in [3.05, 3.63) is 11.5 Å². The van der Waals surface area contributed by atoms with Crippen LogP contribution in [-0.2, 0) is 15.7 Å². The molecule has 1 aliphatic heterocycles. The van der Waals surface area contributed by atoms with E-state index in [2.05, 4.69) is 9.72 Å². The first-order valence-electron chi connectivity index (χ1n) is 9.26. The molecule has 0 aliphatic carbocycles. The van der Waals surface area contributed by atoms with Gasteiger partial charge in [0.25, 0.3) is 6.01 Å². The minimum Gasteiger partial charge on any atom is -0.461 e. The molecule has 2 heterocycles. The van der Waals surface area contributed by atoms with E-state index in [0.717, 1.165) is 0 Å². The molecule has 11 heteroatoms. The van der Waals surface area contributed by atoms with Crippen molar-refractivity contribution in [3.63, 3.8) is 0 Å². The van der Waals surface area contributed by atoms with E-state index in [-0.39, 0.29) is 37.8 Å². The zero-order chi connectivity index (χ0) is 22.1. The van der Waals surface area contributed by atoms with Gasteiger partial charge in [-0.2, -0.15) is 18.2 Å². The standard InChI is InChI=1S/C18H26F3N3O5/c1-7-27-14(25)12-13(18(19,20)21)28-15(22-12)23-8-10(2)24(11(3)9-23)16(26)29-17(4,5)6/h10-11H,7-9H2,1-6H3/t10-,11+. The molecule has 0 aromatic carbocycles. The molecule has 0 N–H and O–H groups in total. The van der Waals surface area contributed by atoms with Crippen LogP contribution in [0.25, 0.3) is 0 Å². The van der Waals surface area contributed by atoms with Crippen molar-refractivity contribution >= 4 is 18.1 Å². The third kappa shape index (κ3) is 5.33. The Labute approximate surface area is 166 Å². The monoisotopic (exact) mass is 421 g/mol. The Morgan fingerprint density at radius 1 is 1.17 bits per heavy atom. The molecule has 8 nitrogen and oxygen atoms in total. The molecule has 2 atom stereocenters. The Balaban J connectivity index is 2.27. The molecule has 164 valence electrons. The minimum absolute atomic E-state index is 0.0963. The van der Waals surface area contributed by atoms with Crippen LogP contribution in [0.3, 0.4) is 0 Å². The van der Waals surface area contributed by atoms with E-state index < -0.39 is 35.3 Å². The van der Waals surface area contributed by atoms with Gasteiger partial charge in [0.2, 0.25) is 11.5 Å². The smallest absolute Gasteiger partial charge is 0.452 e. The Morgan fingerprint density at radius 2 is 1.72 bits per heavy atom. The van der Waals surface area contributed by atoms with Crippen molar-refractivity contribution in [2.75, 3.05) is 24.6 Å². The third-order valence-electron chi connectivity index (χ3n) is 4.14. The van der Waals surface area contributed by atoms with E-state index >= 15 is 0 Å². The summed E-state index contributed by atoms with van der Waals surface area (Å²) in [6, 6.07) is -1.12. The fourth-order valence-electron chi connectivity index (χ4n) is 3.13. The fraction of sp³-hybridized carbons (Fsp3) is 0.722. The molecule has 0 saturated carbocycles. The predicted octanol–water partition coefficient (Wildman–Crippen LogP) is 3.70. The number of carbonyl (C=O) groups excluding carboxylic acids is 2. The van der Waals surface area contributed by atoms with Crippen molar-refractivity contribution in [3.8, 4) is 0 Å². The predicted molar refractivity (Wildman–Crippen MR) is 96.7 cm³/mol. The summed E-state index contributed by atoms with van der Waals surface area (Å²) < 4.78 is 54.8. The number of amides is 1. The van der Waals surface area contributed by atoms with Gasteiger partial charge in [-0.15, -0.1) is 0 Å². The number of halogens is 3. The second-order valence-corrected chi connectivity index (χ2v) is 7.88. The first kappa shape index (κ1) is 22.8. The molecule has 1 aromatic rings. The van der Waals surface area contributed by atoms with Gasteiger partial charge in [-0.25, -0.2) is 9.59 Å². The third-order valence-corrected chi connectivity index (χ3v) is 4.14. The van der Waals surface area contributed by atoms with Crippen LogP contribution >= 0.6 is 0 Å². The number of piperazine rings is 1. The number of rotatable bonds is 3. The SMILES string of the molecule is CCOC(=O)c1nc(N2C[C@@H](C)N(C(=O)OC(C)(C)C)[C@@H](C)C2)oc1C(F)(F)F. The number of oxazole rings is 1. The van der Waals surface area contributed by atoms with Crippen LogP contribution in [0, 0.1) is 0 Å². The highest BCUT2D eigenvalue weighted by Crippen LogP contribution is 2.36. The van der Waals surface area contributed by atoms with Crippen LogP contribution in [0.4, 0.5) is 24.0 Å². The number of hydrogen-bond donors (Lipinski definition) is 0. The van der Waals surface area contributed by atoms with E-state index in [0.29, 0.717) is 0 Å². The van der Waals surface area contributed by atoms with E-state index in [1.807, 2.05) is 0 Å². The van der Waals surface area contributed by atoms with Gasteiger partial charge in [0.1, 0.15) is 5.60 Å². The van der Waals surface area contributed by atoms with Crippen LogP contribution in [0.2, 0.25) is 0 Å². The first-order valence-corrected chi connectivity index (χ1v) is 9.26. The molecule has 2 rings (SSSR count). The van der Waals surface area contributed by atoms with Crippen LogP contribution < -0.4 is 4.90 Å². The number of nitrogens with zero attached hydrogens (tertiary/aromatic N) is 3. The maximum atomic E-state index is 13.3. The lowest BCUT2D eigenvalue weighted by molar-refractivity contribution is -0.153. The van der Waals surface area contributed by atoms with Gasteiger partial charge in [0.15, 0.2) is 0 Å².